The SMILES string of the molecule is NC1C2COC(O2)C(n2cc(Cl)cn2)C1O. The van der Waals surface area contributed by atoms with Gasteiger partial charge in [-0.05, 0) is 0 Å². The van der Waals surface area contributed by atoms with Crippen LogP contribution in [0.25, 0.3) is 0 Å². The summed E-state index contributed by atoms with van der Waals surface area (Å²) in [5.74, 6) is 0. The topological polar surface area (TPSA) is 82.5 Å². The van der Waals surface area contributed by atoms with Crippen LogP contribution in [0.15, 0.2) is 12.4 Å². The first-order chi connectivity index (χ1) is 7.66. The zero-order chi connectivity index (χ0) is 11.3. The molecule has 3 rings (SSSR count). The van der Waals surface area contributed by atoms with E-state index in [0.29, 0.717) is 11.6 Å². The fourth-order valence-corrected chi connectivity index (χ4v) is 2.33. The van der Waals surface area contributed by atoms with Gasteiger partial charge in [0, 0.05) is 6.20 Å². The number of nitrogens with two attached hydrogens (primary N) is 1. The number of aliphatic hydroxyl groups excluding tert-OH is 1. The molecule has 88 valence electrons. The van der Waals surface area contributed by atoms with Crippen molar-refractivity contribution in [1.29, 1.82) is 0 Å². The molecule has 0 saturated carbocycles. The molecule has 5 unspecified atom stereocenters. The molecule has 0 spiro atoms. The van der Waals surface area contributed by atoms with Crippen LogP contribution < -0.4 is 5.73 Å². The van der Waals surface area contributed by atoms with Gasteiger partial charge < -0.3 is 20.3 Å². The summed E-state index contributed by atoms with van der Waals surface area (Å²) in [5, 5.41) is 14.6. The Morgan fingerprint density at radius 2 is 2.44 bits per heavy atom. The number of halogens is 1. The molecule has 0 aliphatic carbocycles. The second-order valence-electron chi connectivity index (χ2n) is 4.07. The molecular weight excluding hydrogens is 234 g/mol. The van der Waals surface area contributed by atoms with Gasteiger partial charge in [0.15, 0.2) is 6.29 Å². The summed E-state index contributed by atoms with van der Waals surface area (Å²) in [5.41, 5.74) is 5.87. The van der Waals surface area contributed by atoms with Crippen molar-refractivity contribution in [2.45, 2.75) is 30.6 Å². The minimum atomic E-state index is -0.748. The molecule has 3 N–H and O–H groups in total. The van der Waals surface area contributed by atoms with Gasteiger partial charge in [-0.3, -0.25) is 4.68 Å². The van der Waals surface area contributed by atoms with Gasteiger partial charge in [0.25, 0.3) is 0 Å². The fraction of sp³-hybridized carbons (Fsp3) is 0.667. The first-order valence-corrected chi connectivity index (χ1v) is 5.45. The summed E-state index contributed by atoms with van der Waals surface area (Å²) in [6.07, 6.45) is 1.63. The summed E-state index contributed by atoms with van der Waals surface area (Å²) in [6, 6.07) is -0.909. The van der Waals surface area contributed by atoms with Crippen molar-refractivity contribution >= 4 is 11.6 Å². The quantitative estimate of drug-likeness (QED) is 0.699. The van der Waals surface area contributed by atoms with Gasteiger partial charge in [-0.1, -0.05) is 11.6 Å². The maximum atomic E-state index is 10.1. The second kappa shape index (κ2) is 3.68. The van der Waals surface area contributed by atoms with E-state index < -0.39 is 24.5 Å². The second-order valence-corrected chi connectivity index (χ2v) is 4.51. The van der Waals surface area contributed by atoms with Crippen LogP contribution >= 0.6 is 11.6 Å². The van der Waals surface area contributed by atoms with Crippen molar-refractivity contribution in [2.75, 3.05) is 6.61 Å². The Balaban J connectivity index is 1.93. The Kier molecular flexibility index (Phi) is 2.41. The van der Waals surface area contributed by atoms with Crippen molar-refractivity contribution in [3.05, 3.63) is 17.4 Å². The largest absolute Gasteiger partial charge is 0.389 e. The minimum absolute atomic E-state index is 0.234. The van der Waals surface area contributed by atoms with Crippen LogP contribution in [0, 0.1) is 0 Å². The smallest absolute Gasteiger partial charge is 0.183 e. The average molecular weight is 246 g/mol. The van der Waals surface area contributed by atoms with Crippen LogP contribution in [-0.2, 0) is 9.47 Å². The van der Waals surface area contributed by atoms with E-state index in [0.717, 1.165) is 0 Å². The summed E-state index contributed by atoms with van der Waals surface area (Å²) in [7, 11) is 0. The Labute approximate surface area is 96.9 Å². The molecule has 0 aromatic carbocycles. The van der Waals surface area contributed by atoms with E-state index in [2.05, 4.69) is 5.10 Å². The minimum Gasteiger partial charge on any atom is -0.389 e. The molecular formula is C9H12ClN3O3. The molecule has 1 aromatic rings. The molecule has 0 radical (unpaired) electrons. The summed E-state index contributed by atoms with van der Waals surface area (Å²) < 4.78 is 12.5. The lowest BCUT2D eigenvalue weighted by atomic mass is 9.97. The highest BCUT2D eigenvalue weighted by Gasteiger charge is 2.49. The third-order valence-electron chi connectivity index (χ3n) is 3.06. The molecule has 2 aliphatic heterocycles. The van der Waals surface area contributed by atoms with Gasteiger partial charge >= 0.3 is 0 Å². The van der Waals surface area contributed by atoms with E-state index in [9.17, 15) is 5.11 Å². The number of hydrogen-bond acceptors (Lipinski definition) is 5. The van der Waals surface area contributed by atoms with Gasteiger partial charge in [-0.2, -0.15) is 5.10 Å². The molecule has 2 fully saturated rings. The molecule has 1 aromatic heterocycles. The molecule has 3 heterocycles. The van der Waals surface area contributed by atoms with Crippen LogP contribution in [0.1, 0.15) is 6.04 Å². The molecule has 7 heteroatoms. The van der Waals surface area contributed by atoms with Gasteiger partial charge in [0.1, 0.15) is 12.1 Å². The summed E-state index contributed by atoms with van der Waals surface area (Å²) in [4.78, 5) is 0. The van der Waals surface area contributed by atoms with E-state index in [4.69, 9.17) is 26.8 Å². The third-order valence-corrected chi connectivity index (χ3v) is 3.26. The van der Waals surface area contributed by atoms with E-state index in [-0.39, 0.29) is 6.10 Å². The molecule has 16 heavy (non-hydrogen) atoms. The Morgan fingerprint density at radius 1 is 1.62 bits per heavy atom. The highest BCUT2D eigenvalue weighted by Crippen LogP contribution is 2.34. The third kappa shape index (κ3) is 1.46. The number of rotatable bonds is 1. The van der Waals surface area contributed by atoms with Gasteiger partial charge in [0.05, 0.1) is 30.0 Å². The van der Waals surface area contributed by atoms with Crippen molar-refractivity contribution in [1.82, 2.24) is 9.78 Å². The van der Waals surface area contributed by atoms with Crippen molar-refractivity contribution < 1.29 is 14.6 Å². The maximum Gasteiger partial charge on any atom is 0.183 e. The van der Waals surface area contributed by atoms with Crippen LogP contribution in [0.2, 0.25) is 5.02 Å². The molecule has 6 nitrogen and oxygen atoms in total. The lowest BCUT2D eigenvalue weighted by Crippen LogP contribution is -2.55. The summed E-state index contributed by atoms with van der Waals surface area (Å²) >= 11 is 5.79. The van der Waals surface area contributed by atoms with Crippen molar-refractivity contribution in [3.63, 3.8) is 0 Å². The average Bonchev–Trinajstić information content (AvgIpc) is 2.85. The predicted molar refractivity (Wildman–Crippen MR) is 54.9 cm³/mol. The normalized spacial score (nSPS) is 42.6. The van der Waals surface area contributed by atoms with Crippen LogP contribution in [0.5, 0.6) is 0 Å². The molecule has 2 saturated heterocycles. The predicted octanol–water partition coefficient (Wildman–Crippen LogP) is -0.479. The van der Waals surface area contributed by atoms with E-state index in [1.54, 1.807) is 10.9 Å². The molecule has 2 aliphatic rings. The van der Waals surface area contributed by atoms with Crippen LogP contribution in [0.4, 0.5) is 0 Å². The van der Waals surface area contributed by atoms with Gasteiger partial charge in [-0.25, -0.2) is 0 Å². The Hall–Kier alpha value is -0.660. The Bertz CT molecular complexity index is 399. The van der Waals surface area contributed by atoms with E-state index >= 15 is 0 Å². The molecule has 0 amide bonds. The van der Waals surface area contributed by atoms with Crippen LogP contribution in [-0.4, -0.2) is 46.0 Å². The maximum absolute atomic E-state index is 10.1. The lowest BCUT2D eigenvalue weighted by Gasteiger charge is -2.36. The molecule has 5 atom stereocenters. The number of nitrogens with zero attached hydrogens (tertiary/aromatic N) is 2. The first-order valence-electron chi connectivity index (χ1n) is 5.07. The highest BCUT2D eigenvalue weighted by molar-refractivity contribution is 6.30. The van der Waals surface area contributed by atoms with Gasteiger partial charge in [-0.15, -0.1) is 0 Å². The van der Waals surface area contributed by atoms with Gasteiger partial charge in [0.2, 0.25) is 0 Å². The highest BCUT2D eigenvalue weighted by atomic mass is 35.5. The number of ether oxygens (including phenoxy) is 2. The number of hydrogen-bond donors (Lipinski definition) is 2. The Morgan fingerprint density at radius 3 is 3.12 bits per heavy atom. The van der Waals surface area contributed by atoms with E-state index in [1.807, 2.05) is 0 Å². The lowest BCUT2D eigenvalue weighted by molar-refractivity contribution is -0.163. The first kappa shape index (κ1) is 10.5. The number of aromatic nitrogens is 2. The molecule has 2 bridgehead atoms. The number of aliphatic hydroxyl groups is 1. The standard InChI is InChI=1S/C9H12ClN3O3/c10-4-1-12-13(2-4)7-8(14)6(11)5-3-15-9(7)16-5/h1-2,5-9,14H,3,11H2. The number of fused-ring (bicyclic) bond motifs is 2. The zero-order valence-electron chi connectivity index (χ0n) is 8.36. The zero-order valence-corrected chi connectivity index (χ0v) is 9.12. The fourth-order valence-electron chi connectivity index (χ4n) is 2.19. The van der Waals surface area contributed by atoms with Crippen molar-refractivity contribution in [3.8, 4) is 0 Å². The van der Waals surface area contributed by atoms with Crippen molar-refractivity contribution in [2.24, 2.45) is 5.73 Å². The van der Waals surface area contributed by atoms with E-state index in [1.165, 1.54) is 6.20 Å². The monoisotopic (exact) mass is 245 g/mol. The summed E-state index contributed by atoms with van der Waals surface area (Å²) in [6.45, 7) is 0.411. The van der Waals surface area contributed by atoms with Crippen LogP contribution in [0.3, 0.4) is 0 Å².